The molecular weight excluding hydrogens is 175 g/mol. The summed E-state index contributed by atoms with van der Waals surface area (Å²) in [4.78, 5) is 0. The molecule has 74 valence electrons. The van der Waals surface area contributed by atoms with Crippen molar-refractivity contribution >= 4 is 0 Å². The fourth-order valence-corrected chi connectivity index (χ4v) is 0.605. The summed E-state index contributed by atoms with van der Waals surface area (Å²) < 4.78 is 34.6. The molecule has 6 heteroatoms. The van der Waals surface area contributed by atoms with E-state index in [0.717, 1.165) is 0 Å². The van der Waals surface area contributed by atoms with Gasteiger partial charge in [-0.3, -0.25) is 0 Å². The number of aliphatic hydroxyl groups is 2. The molecule has 0 aromatic carbocycles. The maximum Gasteiger partial charge on any atom is 0.390 e. The maximum absolute atomic E-state index is 11.5. The molecule has 12 heavy (non-hydrogen) atoms. The van der Waals surface area contributed by atoms with Gasteiger partial charge in [-0.15, -0.1) is 0 Å². The summed E-state index contributed by atoms with van der Waals surface area (Å²) in [6, 6.07) is -0.660. The van der Waals surface area contributed by atoms with Crippen LogP contribution in [-0.2, 0) is 0 Å². The zero-order valence-corrected chi connectivity index (χ0v) is 6.43. The molecule has 3 nitrogen and oxygen atoms in total. The van der Waals surface area contributed by atoms with E-state index in [2.05, 4.69) is 5.32 Å². The van der Waals surface area contributed by atoms with Crippen LogP contribution in [0.25, 0.3) is 0 Å². The summed E-state index contributed by atoms with van der Waals surface area (Å²) in [7, 11) is 0. The van der Waals surface area contributed by atoms with E-state index in [1.54, 1.807) is 0 Å². The predicted octanol–water partition coefficient (Wildman–Crippen LogP) is -0.118. The van der Waals surface area contributed by atoms with Gasteiger partial charge in [0.25, 0.3) is 0 Å². The summed E-state index contributed by atoms with van der Waals surface area (Å²) in [5, 5.41) is 19.3. The third-order valence-electron chi connectivity index (χ3n) is 1.28. The lowest BCUT2D eigenvalue weighted by Crippen LogP contribution is -2.37. The average Bonchev–Trinajstić information content (AvgIpc) is 1.96. The highest BCUT2D eigenvalue weighted by atomic mass is 19.4. The van der Waals surface area contributed by atoms with E-state index in [1.165, 1.54) is 0 Å². The molecule has 0 unspecified atom stereocenters. The molecule has 0 aromatic rings. The number of hydrogen-bond donors (Lipinski definition) is 3. The van der Waals surface area contributed by atoms with Crippen LogP contribution in [0, 0.1) is 0 Å². The van der Waals surface area contributed by atoms with Crippen molar-refractivity contribution in [1.29, 1.82) is 0 Å². The number of alkyl halides is 3. The van der Waals surface area contributed by atoms with E-state index in [-0.39, 0.29) is 19.8 Å². The standard InChI is InChI=1S/C6H12F3NO2/c7-6(8,9)1-2-10-5(3-11)4-12/h5,10-12H,1-4H2. The molecule has 0 aliphatic heterocycles. The van der Waals surface area contributed by atoms with Crippen molar-refractivity contribution in [2.45, 2.75) is 18.6 Å². The molecule has 0 radical (unpaired) electrons. The van der Waals surface area contributed by atoms with Crippen LogP contribution >= 0.6 is 0 Å². The van der Waals surface area contributed by atoms with Crippen LogP contribution < -0.4 is 5.32 Å². The summed E-state index contributed by atoms with van der Waals surface area (Å²) in [5.74, 6) is 0. The van der Waals surface area contributed by atoms with Crippen LogP contribution in [0.5, 0.6) is 0 Å². The lowest BCUT2D eigenvalue weighted by molar-refractivity contribution is -0.133. The van der Waals surface area contributed by atoms with Crippen LogP contribution in [0.4, 0.5) is 13.2 Å². The minimum Gasteiger partial charge on any atom is -0.395 e. The van der Waals surface area contributed by atoms with E-state index in [1.807, 2.05) is 0 Å². The zero-order valence-electron chi connectivity index (χ0n) is 6.43. The second-order valence-electron chi connectivity index (χ2n) is 2.38. The second-order valence-corrected chi connectivity index (χ2v) is 2.38. The van der Waals surface area contributed by atoms with Crippen LogP contribution in [0.15, 0.2) is 0 Å². The smallest absolute Gasteiger partial charge is 0.390 e. The van der Waals surface area contributed by atoms with Gasteiger partial charge >= 0.3 is 6.18 Å². The molecule has 0 saturated heterocycles. The van der Waals surface area contributed by atoms with E-state index in [9.17, 15) is 13.2 Å². The maximum atomic E-state index is 11.5. The Bertz CT molecular complexity index is 114. The van der Waals surface area contributed by atoms with Gasteiger partial charge in [-0.25, -0.2) is 0 Å². The summed E-state index contributed by atoms with van der Waals surface area (Å²) in [5.41, 5.74) is 0. The number of halogens is 3. The third kappa shape index (κ3) is 6.38. The summed E-state index contributed by atoms with van der Waals surface area (Å²) in [6.45, 7) is -1.02. The van der Waals surface area contributed by atoms with Gasteiger partial charge in [0.1, 0.15) is 0 Å². The van der Waals surface area contributed by atoms with Crippen molar-refractivity contribution in [2.24, 2.45) is 0 Å². The molecule has 0 spiro atoms. The highest BCUT2D eigenvalue weighted by molar-refractivity contribution is 4.64. The molecule has 0 aromatic heterocycles. The Labute approximate surface area is 68.2 Å². The van der Waals surface area contributed by atoms with Crippen LogP contribution in [0.3, 0.4) is 0 Å². The first-order valence-electron chi connectivity index (χ1n) is 3.51. The van der Waals surface area contributed by atoms with E-state index in [0.29, 0.717) is 0 Å². The Balaban J connectivity index is 3.41. The molecule has 3 N–H and O–H groups in total. The topological polar surface area (TPSA) is 52.5 Å². The average molecular weight is 187 g/mol. The molecular formula is C6H12F3NO2. The number of aliphatic hydroxyl groups excluding tert-OH is 2. The van der Waals surface area contributed by atoms with Gasteiger partial charge in [0.05, 0.1) is 25.7 Å². The van der Waals surface area contributed by atoms with Gasteiger partial charge in [-0.2, -0.15) is 13.2 Å². The van der Waals surface area contributed by atoms with Crippen molar-refractivity contribution < 1.29 is 23.4 Å². The van der Waals surface area contributed by atoms with E-state index in [4.69, 9.17) is 10.2 Å². The lowest BCUT2D eigenvalue weighted by Gasteiger charge is -2.13. The molecule has 0 rings (SSSR count). The van der Waals surface area contributed by atoms with Gasteiger partial charge < -0.3 is 15.5 Å². The number of nitrogens with one attached hydrogen (secondary N) is 1. The first-order valence-corrected chi connectivity index (χ1v) is 3.51. The Morgan fingerprint density at radius 1 is 1.17 bits per heavy atom. The molecule has 0 aliphatic rings. The minimum atomic E-state index is -4.19. The van der Waals surface area contributed by atoms with Gasteiger partial charge in [0, 0.05) is 6.54 Å². The van der Waals surface area contributed by atoms with Crippen LogP contribution in [-0.4, -0.2) is 42.2 Å². The number of hydrogen-bond acceptors (Lipinski definition) is 3. The Morgan fingerprint density at radius 3 is 2.00 bits per heavy atom. The largest absolute Gasteiger partial charge is 0.395 e. The minimum absolute atomic E-state index is 0.282. The Hall–Kier alpha value is -0.330. The molecule has 0 atom stereocenters. The highest BCUT2D eigenvalue weighted by Gasteiger charge is 2.26. The van der Waals surface area contributed by atoms with E-state index >= 15 is 0 Å². The predicted molar refractivity (Wildman–Crippen MR) is 36.6 cm³/mol. The molecule has 0 amide bonds. The van der Waals surface area contributed by atoms with Gasteiger partial charge in [0.2, 0.25) is 0 Å². The summed E-state index contributed by atoms with van der Waals surface area (Å²) in [6.07, 6.45) is -5.15. The second kappa shape index (κ2) is 5.34. The highest BCUT2D eigenvalue weighted by Crippen LogP contribution is 2.18. The molecule has 0 heterocycles. The van der Waals surface area contributed by atoms with Gasteiger partial charge in [0.15, 0.2) is 0 Å². The third-order valence-corrected chi connectivity index (χ3v) is 1.28. The van der Waals surface area contributed by atoms with Crippen molar-refractivity contribution in [3.8, 4) is 0 Å². The first-order chi connectivity index (χ1) is 5.49. The Kier molecular flexibility index (Phi) is 5.19. The van der Waals surface area contributed by atoms with Crippen molar-refractivity contribution in [2.75, 3.05) is 19.8 Å². The van der Waals surface area contributed by atoms with Gasteiger partial charge in [-0.05, 0) is 0 Å². The quantitative estimate of drug-likeness (QED) is 0.562. The first kappa shape index (κ1) is 11.7. The number of rotatable bonds is 5. The van der Waals surface area contributed by atoms with E-state index < -0.39 is 18.6 Å². The fraction of sp³-hybridized carbons (Fsp3) is 1.00. The molecule has 0 saturated carbocycles. The van der Waals surface area contributed by atoms with Crippen molar-refractivity contribution in [1.82, 2.24) is 5.32 Å². The molecule has 0 aliphatic carbocycles. The SMILES string of the molecule is OCC(CO)NCCC(F)(F)F. The molecule has 0 fully saturated rings. The molecule has 0 bridgehead atoms. The fourth-order valence-electron chi connectivity index (χ4n) is 0.605. The zero-order chi connectivity index (χ0) is 9.61. The Morgan fingerprint density at radius 2 is 1.67 bits per heavy atom. The monoisotopic (exact) mass is 187 g/mol. The lowest BCUT2D eigenvalue weighted by atomic mass is 10.3. The van der Waals surface area contributed by atoms with Gasteiger partial charge in [-0.1, -0.05) is 0 Å². The van der Waals surface area contributed by atoms with Crippen LogP contribution in [0.2, 0.25) is 0 Å². The summed E-state index contributed by atoms with van der Waals surface area (Å²) >= 11 is 0. The van der Waals surface area contributed by atoms with Crippen LogP contribution in [0.1, 0.15) is 6.42 Å². The van der Waals surface area contributed by atoms with Crippen molar-refractivity contribution in [3.63, 3.8) is 0 Å². The van der Waals surface area contributed by atoms with Crippen molar-refractivity contribution in [3.05, 3.63) is 0 Å². The normalized spacial score (nSPS) is 12.5.